The van der Waals surface area contributed by atoms with Crippen LogP contribution in [0, 0.1) is 5.92 Å². The molecule has 2 aromatic rings. The molecular weight excluding hydrogens is 290 g/mol. The molecule has 0 heterocycles. The summed E-state index contributed by atoms with van der Waals surface area (Å²) in [5.74, 6) is -1.90. The minimum atomic E-state index is -1.02. The highest BCUT2D eigenvalue weighted by Crippen LogP contribution is 2.46. The van der Waals surface area contributed by atoms with Crippen LogP contribution >= 0.6 is 0 Å². The van der Waals surface area contributed by atoms with Gasteiger partial charge < -0.3 is 10.4 Å². The van der Waals surface area contributed by atoms with E-state index < -0.39 is 12.0 Å². The van der Waals surface area contributed by atoms with Crippen molar-refractivity contribution in [2.24, 2.45) is 5.92 Å². The van der Waals surface area contributed by atoms with Crippen LogP contribution in [0.5, 0.6) is 0 Å². The molecule has 4 heteroatoms. The van der Waals surface area contributed by atoms with E-state index in [2.05, 4.69) is 5.32 Å². The van der Waals surface area contributed by atoms with Crippen molar-refractivity contribution in [3.8, 4) is 11.1 Å². The number of carboxylic acid groups (broad SMARTS) is 1. The Bertz CT molecular complexity index is 721. The van der Waals surface area contributed by atoms with E-state index in [4.69, 9.17) is 0 Å². The lowest BCUT2D eigenvalue weighted by molar-refractivity contribution is -0.142. The van der Waals surface area contributed by atoms with Gasteiger partial charge in [-0.3, -0.25) is 4.79 Å². The largest absolute Gasteiger partial charge is 0.480 e. The Balaban J connectivity index is 2.09. The summed E-state index contributed by atoms with van der Waals surface area (Å²) in [6.07, 6.45) is 0. The summed E-state index contributed by atoms with van der Waals surface area (Å²) in [5, 5.41) is 12.4. The van der Waals surface area contributed by atoms with Gasteiger partial charge in [0.15, 0.2) is 0 Å². The number of carbonyl (C=O) groups is 2. The first kappa shape index (κ1) is 15.3. The minimum Gasteiger partial charge on any atom is -0.480 e. The number of hydrogen-bond donors (Lipinski definition) is 2. The first-order valence-electron chi connectivity index (χ1n) is 7.72. The summed E-state index contributed by atoms with van der Waals surface area (Å²) in [5.41, 5.74) is 3.98. The van der Waals surface area contributed by atoms with E-state index in [0.29, 0.717) is 0 Å². The lowest BCUT2D eigenvalue weighted by Gasteiger charge is -2.24. The maximum atomic E-state index is 12.1. The van der Waals surface area contributed by atoms with E-state index in [9.17, 15) is 14.7 Å². The molecule has 3 rings (SSSR count). The second-order valence-electron chi connectivity index (χ2n) is 6.13. The molecule has 0 saturated carbocycles. The Hall–Kier alpha value is -2.62. The van der Waals surface area contributed by atoms with Crippen molar-refractivity contribution in [1.29, 1.82) is 0 Å². The van der Waals surface area contributed by atoms with Crippen molar-refractivity contribution < 1.29 is 14.7 Å². The van der Waals surface area contributed by atoms with Crippen molar-refractivity contribution in [1.82, 2.24) is 5.32 Å². The predicted octanol–water partition coefficient (Wildman–Crippen LogP) is 3.02. The fraction of sp³-hybridized carbons (Fsp3) is 0.263. The van der Waals surface area contributed by atoms with Gasteiger partial charge in [-0.05, 0) is 22.3 Å². The van der Waals surface area contributed by atoms with Gasteiger partial charge in [-0.2, -0.15) is 0 Å². The third-order valence-electron chi connectivity index (χ3n) is 4.30. The summed E-state index contributed by atoms with van der Waals surface area (Å²) < 4.78 is 0. The quantitative estimate of drug-likeness (QED) is 0.912. The Morgan fingerprint density at radius 3 is 1.87 bits per heavy atom. The first-order chi connectivity index (χ1) is 11.0. The number of aliphatic carboxylic acids is 1. The molecule has 0 saturated heterocycles. The van der Waals surface area contributed by atoms with Gasteiger partial charge in [0.25, 0.3) is 0 Å². The third kappa shape index (κ3) is 2.61. The summed E-state index contributed by atoms with van der Waals surface area (Å²) in [6, 6.07) is 14.6. The average molecular weight is 309 g/mol. The van der Waals surface area contributed by atoms with Crippen LogP contribution in [0.15, 0.2) is 48.5 Å². The molecule has 0 radical (unpaired) electrons. The van der Waals surface area contributed by atoms with Crippen LogP contribution in [0.2, 0.25) is 0 Å². The number of rotatable bonds is 4. The smallest absolute Gasteiger partial charge is 0.327 e. The second-order valence-corrected chi connectivity index (χ2v) is 6.13. The van der Waals surface area contributed by atoms with E-state index in [0.717, 1.165) is 22.3 Å². The summed E-state index contributed by atoms with van der Waals surface area (Å²) >= 11 is 0. The summed E-state index contributed by atoms with van der Waals surface area (Å²) in [4.78, 5) is 23.9. The number of carboxylic acids is 1. The van der Waals surface area contributed by atoms with Crippen LogP contribution in [-0.4, -0.2) is 23.0 Å². The molecule has 0 fully saturated rings. The molecule has 23 heavy (non-hydrogen) atoms. The monoisotopic (exact) mass is 309 g/mol. The van der Waals surface area contributed by atoms with E-state index in [1.54, 1.807) is 13.8 Å². The standard InChI is InChI=1S/C19H19NO3/c1-11(2)18(21)20-17(19(22)23)16-14-9-5-3-7-12(14)13-8-4-6-10-15(13)16/h3-11,16-17H,1-2H3,(H,20,21)(H,22,23)/t17-/m1/s1. The number of carbonyl (C=O) groups excluding carboxylic acids is 1. The van der Waals surface area contributed by atoms with Gasteiger partial charge in [-0.25, -0.2) is 4.79 Å². The van der Waals surface area contributed by atoms with E-state index >= 15 is 0 Å². The zero-order valence-corrected chi connectivity index (χ0v) is 13.1. The Labute approximate surface area is 135 Å². The Morgan fingerprint density at radius 2 is 1.43 bits per heavy atom. The highest BCUT2D eigenvalue weighted by molar-refractivity contribution is 5.89. The molecule has 0 aliphatic heterocycles. The third-order valence-corrected chi connectivity index (χ3v) is 4.30. The molecular formula is C19H19NO3. The van der Waals surface area contributed by atoms with Crippen LogP contribution < -0.4 is 5.32 Å². The van der Waals surface area contributed by atoms with Crippen molar-refractivity contribution in [2.75, 3.05) is 0 Å². The molecule has 1 aliphatic carbocycles. The molecule has 118 valence electrons. The van der Waals surface area contributed by atoms with Gasteiger partial charge in [0.05, 0.1) is 0 Å². The molecule has 1 amide bonds. The molecule has 0 aromatic heterocycles. The topological polar surface area (TPSA) is 66.4 Å². The number of amides is 1. The fourth-order valence-electron chi connectivity index (χ4n) is 3.16. The van der Waals surface area contributed by atoms with Crippen LogP contribution in [-0.2, 0) is 9.59 Å². The van der Waals surface area contributed by atoms with Crippen LogP contribution in [0.25, 0.3) is 11.1 Å². The maximum absolute atomic E-state index is 12.1. The van der Waals surface area contributed by atoms with Crippen LogP contribution in [0.4, 0.5) is 0 Å². The molecule has 0 spiro atoms. The second kappa shape index (κ2) is 5.88. The van der Waals surface area contributed by atoms with E-state index in [1.165, 1.54) is 0 Å². The molecule has 0 bridgehead atoms. The highest BCUT2D eigenvalue weighted by Gasteiger charge is 2.38. The maximum Gasteiger partial charge on any atom is 0.327 e. The minimum absolute atomic E-state index is 0.251. The van der Waals surface area contributed by atoms with Gasteiger partial charge in [-0.1, -0.05) is 62.4 Å². The number of fused-ring (bicyclic) bond motifs is 3. The van der Waals surface area contributed by atoms with Crippen molar-refractivity contribution in [2.45, 2.75) is 25.8 Å². The van der Waals surface area contributed by atoms with Gasteiger partial charge >= 0.3 is 5.97 Å². The number of nitrogens with one attached hydrogen (secondary N) is 1. The van der Waals surface area contributed by atoms with Crippen molar-refractivity contribution in [3.63, 3.8) is 0 Å². The SMILES string of the molecule is CC(C)C(=O)N[C@@H](C(=O)O)C1c2ccccc2-c2ccccc21. The van der Waals surface area contributed by atoms with Crippen LogP contribution in [0.3, 0.4) is 0 Å². The van der Waals surface area contributed by atoms with Gasteiger partial charge in [0.2, 0.25) is 5.91 Å². The Kier molecular flexibility index (Phi) is 3.90. The average Bonchev–Trinajstić information content (AvgIpc) is 2.86. The zero-order valence-electron chi connectivity index (χ0n) is 13.1. The van der Waals surface area contributed by atoms with Gasteiger partial charge in [0, 0.05) is 11.8 Å². The molecule has 0 unspecified atom stereocenters. The summed E-state index contributed by atoms with van der Waals surface area (Å²) in [6.45, 7) is 3.51. The van der Waals surface area contributed by atoms with Crippen molar-refractivity contribution in [3.05, 3.63) is 59.7 Å². The molecule has 2 aromatic carbocycles. The van der Waals surface area contributed by atoms with E-state index in [1.807, 2.05) is 48.5 Å². The lowest BCUT2D eigenvalue weighted by atomic mass is 9.89. The predicted molar refractivity (Wildman–Crippen MR) is 88.1 cm³/mol. The van der Waals surface area contributed by atoms with Crippen molar-refractivity contribution >= 4 is 11.9 Å². The molecule has 2 N–H and O–H groups in total. The van der Waals surface area contributed by atoms with E-state index in [-0.39, 0.29) is 17.7 Å². The highest BCUT2D eigenvalue weighted by atomic mass is 16.4. The molecule has 1 atom stereocenters. The number of benzene rings is 2. The van der Waals surface area contributed by atoms with Gasteiger partial charge in [-0.15, -0.1) is 0 Å². The fourth-order valence-corrected chi connectivity index (χ4v) is 3.16. The molecule has 4 nitrogen and oxygen atoms in total. The van der Waals surface area contributed by atoms with Crippen LogP contribution in [0.1, 0.15) is 30.9 Å². The zero-order chi connectivity index (χ0) is 16.6. The lowest BCUT2D eigenvalue weighted by Crippen LogP contribution is -2.46. The number of hydrogen-bond acceptors (Lipinski definition) is 2. The normalized spacial score (nSPS) is 14.2. The first-order valence-corrected chi connectivity index (χ1v) is 7.72. The summed E-state index contributed by atoms with van der Waals surface area (Å²) in [7, 11) is 0. The molecule has 1 aliphatic rings. The van der Waals surface area contributed by atoms with Gasteiger partial charge in [0.1, 0.15) is 6.04 Å². The Morgan fingerprint density at radius 1 is 0.957 bits per heavy atom.